The Kier molecular flexibility index (Phi) is 11.2. The van der Waals surface area contributed by atoms with Gasteiger partial charge >= 0.3 is 24.1 Å². The molecule has 0 heterocycles. The van der Waals surface area contributed by atoms with E-state index in [1.54, 1.807) is 69.5 Å². The van der Waals surface area contributed by atoms with Gasteiger partial charge in [0.15, 0.2) is 0 Å². The van der Waals surface area contributed by atoms with Gasteiger partial charge in [-0.3, -0.25) is 4.79 Å². The largest absolute Gasteiger partial charge is 0.464 e. The van der Waals surface area contributed by atoms with Gasteiger partial charge in [0.05, 0.1) is 13.2 Å². The normalized spacial score (nSPS) is 15.9. The zero-order chi connectivity index (χ0) is 32.8. The first-order valence-electron chi connectivity index (χ1n) is 14.4. The molecule has 2 N–H and O–H groups in total. The number of ether oxygens (including phenoxy) is 4. The van der Waals surface area contributed by atoms with Crippen molar-refractivity contribution in [3.8, 4) is 0 Å². The van der Waals surface area contributed by atoms with Gasteiger partial charge in [0.1, 0.15) is 22.3 Å². The van der Waals surface area contributed by atoms with Gasteiger partial charge in [-0.1, -0.05) is 12.1 Å². The van der Waals surface area contributed by atoms with Crippen molar-refractivity contribution in [2.45, 2.75) is 103 Å². The lowest BCUT2D eigenvalue weighted by molar-refractivity contribution is -0.151. The second-order valence-electron chi connectivity index (χ2n) is 13.0. The van der Waals surface area contributed by atoms with Crippen molar-refractivity contribution in [2.75, 3.05) is 27.3 Å². The zero-order valence-electron chi connectivity index (χ0n) is 27.1. The van der Waals surface area contributed by atoms with Crippen LogP contribution < -0.4 is 10.6 Å². The van der Waals surface area contributed by atoms with E-state index >= 15 is 0 Å². The quantitative estimate of drug-likeness (QED) is 0.271. The molecule has 0 unspecified atom stereocenters. The Morgan fingerprint density at radius 2 is 1.00 bits per heavy atom. The molecular weight excluding hydrogens is 558 g/mol. The first-order valence-corrected chi connectivity index (χ1v) is 14.4. The topological polar surface area (TPSA) is 150 Å². The van der Waals surface area contributed by atoms with Gasteiger partial charge in [0.2, 0.25) is 6.41 Å². The highest BCUT2D eigenvalue weighted by Crippen LogP contribution is 2.39. The number of carbonyl (C=O) groups excluding carboxylic acids is 5. The van der Waals surface area contributed by atoms with Crippen LogP contribution in [0.15, 0.2) is 12.1 Å². The average Bonchev–Trinajstić information content (AvgIpc) is 3.38. The summed E-state index contributed by atoms with van der Waals surface area (Å²) in [7, 11) is 3.38. The van der Waals surface area contributed by atoms with E-state index in [2.05, 4.69) is 10.6 Å². The molecule has 240 valence electrons. The minimum Gasteiger partial charge on any atom is -0.464 e. The van der Waals surface area contributed by atoms with Crippen LogP contribution in [-0.4, -0.2) is 85.0 Å². The predicted molar refractivity (Wildman–Crippen MR) is 158 cm³/mol. The number of nitrogens with one attached hydrogen (secondary N) is 2. The Morgan fingerprint density at radius 3 is 1.21 bits per heavy atom. The van der Waals surface area contributed by atoms with Crippen LogP contribution in [0.3, 0.4) is 0 Å². The number of fused-ring (bicyclic) bond motifs is 2. The third-order valence-corrected chi connectivity index (χ3v) is 6.51. The maximum atomic E-state index is 13.1. The minimum absolute atomic E-state index is 0.168. The molecule has 3 rings (SSSR count). The summed E-state index contributed by atoms with van der Waals surface area (Å²) in [5, 5.41) is 5.54. The molecule has 1 aromatic rings. The van der Waals surface area contributed by atoms with Gasteiger partial charge < -0.3 is 34.5 Å². The monoisotopic (exact) mass is 605 g/mol. The fourth-order valence-corrected chi connectivity index (χ4v) is 4.98. The van der Waals surface area contributed by atoms with Crippen LogP contribution in [0.4, 0.5) is 9.59 Å². The van der Waals surface area contributed by atoms with E-state index in [9.17, 15) is 24.0 Å². The third kappa shape index (κ3) is 9.59. The van der Waals surface area contributed by atoms with Gasteiger partial charge in [-0.05, 0) is 77.6 Å². The highest BCUT2D eigenvalue weighted by molar-refractivity contribution is 5.89. The summed E-state index contributed by atoms with van der Waals surface area (Å²) in [6.45, 7) is 14.3. The molecule has 0 radical (unpaired) electrons. The number of carbonyl (C=O) groups is 5. The smallest absolute Gasteiger partial charge is 0.408 e. The van der Waals surface area contributed by atoms with E-state index in [4.69, 9.17) is 18.9 Å². The van der Waals surface area contributed by atoms with Crippen molar-refractivity contribution in [3.05, 3.63) is 34.4 Å². The molecule has 2 aliphatic carbocycles. The summed E-state index contributed by atoms with van der Waals surface area (Å²) in [6.07, 6.45) is 0.181. The van der Waals surface area contributed by atoms with Crippen LogP contribution in [0.2, 0.25) is 0 Å². The van der Waals surface area contributed by atoms with E-state index in [1.165, 1.54) is 4.90 Å². The number of hydrogen-bond acceptors (Lipinski definition) is 9. The van der Waals surface area contributed by atoms with E-state index in [0.717, 1.165) is 28.7 Å². The summed E-state index contributed by atoms with van der Waals surface area (Å²) >= 11 is 0. The Balaban J connectivity index is 0.00000119. The van der Waals surface area contributed by atoms with Crippen LogP contribution >= 0.6 is 0 Å². The first-order chi connectivity index (χ1) is 19.8. The Morgan fingerprint density at radius 1 is 0.721 bits per heavy atom. The summed E-state index contributed by atoms with van der Waals surface area (Å²) in [5.74, 6) is -1.07. The lowest BCUT2D eigenvalue weighted by Crippen LogP contribution is -2.57. The number of nitrogens with zero attached hydrogens (tertiary/aromatic N) is 1. The third-order valence-electron chi connectivity index (χ3n) is 6.51. The molecule has 12 heteroatoms. The molecule has 0 atom stereocenters. The molecule has 0 aromatic heterocycles. The van der Waals surface area contributed by atoms with E-state index < -0.39 is 46.4 Å². The fourth-order valence-electron chi connectivity index (χ4n) is 4.98. The molecule has 12 nitrogen and oxygen atoms in total. The molecule has 0 aliphatic heterocycles. The molecule has 3 amide bonds. The summed E-state index contributed by atoms with van der Waals surface area (Å²) in [5.41, 5.74) is -0.663. The molecule has 0 spiro atoms. The van der Waals surface area contributed by atoms with Gasteiger partial charge in [0.25, 0.3) is 0 Å². The maximum absolute atomic E-state index is 13.1. The van der Waals surface area contributed by atoms with Gasteiger partial charge in [-0.15, -0.1) is 0 Å². The van der Waals surface area contributed by atoms with Crippen LogP contribution in [0, 0.1) is 0 Å². The molecule has 43 heavy (non-hydrogen) atoms. The lowest BCUT2D eigenvalue weighted by atomic mass is 9.94. The fraction of sp³-hybridized carbons (Fsp3) is 0.645. The van der Waals surface area contributed by atoms with Crippen molar-refractivity contribution in [3.63, 3.8) is 0 Å². The number of benzene rings is 1. The summed E-state index contributed by atoms with van der Waals surface area (Å²) < 4.78 is 21.5. The van der Waals surface area contributed by atoms with Crippen molar-refractivity contribution < 1.29 is 42.9 Å². The van der Waals surface area contributed by atoms with Crippen molar-refractivity contribution in [1.82, 2.24) is 15.5 Å². The zero-order valence-corrected chi connectivity index (χ0v) is 27.1. The number of rotatable bonds is 7. The summed E-state index contributed by atoms with van der Waals surface area (Å²) in [6, 6.07) is 3.86. The van der Waals surface area contributed by atoms with Gasteiger partial charge in [0, 0.05) is 39.8 Å². The number of amides is 3. The molecule has 0 bridgehead atoms. The predicted octanol–water partition coefficient (Wildman–Crippen LogP) is 3.24. The molecular formula is C31H47N3O9. The summed E-state index contributed by atoms with van der Waals surface area (Å²) in [4.78, 5) is 62.3. The molecule has 1 aromatic carbocycles. The van der Waals surface area contributed by atoms with Gasteiger partial charge in [-0.2, -0.15) is 0 Å². The van der Waals surface area contributed by atoms with Crippen molar-refractivity contribution in [1.29, 1.82) is 0 Å². The SMILES string of the molecule is CCOC(=O)C1(NC(=O)OC(C)(C)C)Cc2cc3c(cc2C1)CC(NC(=O)OC(C)(C)C)(C(=O)OCC)C3.CN(C)C=O. The Labute approximate surface area is 254 Å². The second kappa shape index (κ2) is 13.6. The minimum atomic E-state index is -1.30. The molecule has 2 aliphatic rings. The number of esters is 2. The highest BCUT2D eigenvalue weighted by Gasteiger charge is 2.51. The van der Waals surface area contributed by atoms with Crippen LogP contribution in [0.5, 0.6) is 0 Å². The van der Waals surface area contributed by atoms with Gasteiger partial charge in [-0.25, -0.2) is 19.2 Å². The van der Waals surface area contributed by atoms with Crippen LogP contribution in [-0.2, 0) is 59.0 Å². The second-order valence-corrected chi connectivity index (χ2v) is 13.0. The van der Waals surface area contributed by atoms with Crippen molar-refractivity contribution >= 4 is 30.5 Å². The number of hydrogen-bond donors (Lipinski definition) is 2. The van der Waals surface area contributed by atoms with E-state index in [1.807, 2.05) is 12.1 Å². The van der Waals surface area contributed by atoms with Crippen LogP contribution in [0.1, 0.15) is 77.6 Å². The average molecular weight is 606 g/mol. The molecule has 0 saturated carbocycles. The van der Waals surface area contributed by atoms with Crippen LogP contribution in [0.25, 0.3) is 0 Å². The Hall–Kier alpha value is -3.83. The molecule has 0 saturated heterocycles. The Bertz CT molecular complexity index is 1090. The maximum Gasteiger partial charge on any atom is 0.408 e. The highest BCUT2D eigenvalue weighted by atomic mass is 16.6. The number of alkyl carbamates (subject to hydrolysis) is 2. The van der Waals surface area contributed by atoms with Crippen molar-refractivity contribution in [2.24, 2.45) is 0 Å². The standard InChI is InChI=1S/C28H40N2O8.C3H7NO/c1-9-35-21(31)27(29-23(33)37-25(3,4)5)13-17-11-19-15-28(22(32)36-10-2,16-20(19)12-18(17)14-27)30-24(34)38-26(6,7)8;1-4(2)3-5/h11-12H,9-10,13-16H2,1-8H3,(H,29,33)(H,30,34);3H,1-2H3. The lowest BCUT2D eigenvalue weighted by Gasteiger charge is -2.30. The van der Waals surface area contributed by atoms with E-state index in [-0.39, 0.29) is 38.9 Å². The molecule has 0 fully saturated rings. The van der Waals surface area contributed by atoms with E-state index in [0.29, 0.717) is 0 Å². The first kappa shape index (κ1) is 35.4.